The molecule has 0 bridgehead atoms. The summed E-state index contributed by atoms with van der Waals surface area (Å²) in [5.74, 6) is 0. The fourth-order valence-electron chi connectivity index (χ4n) is 2.53. The van der Waals surface area contributed by atoms with Crippen LogP contribution in [0.1, 0.15) is 11.1 Å². The molecule has 0 aliphatic heterocycles. The van der Waals surface area contributed by atoms with Crippen molar-refractivity contribution < 1.29 is 0 Å². The molecule has 1 aromatic carbocycles. The molecular weight excluding hydrogens is 322 g/mol. The van der Waals surface area contributed by atoms with Gasteiger partial charge in [0, 0.05) is 24.8 Å². The second-order valence-electron chi connectivity index (χ2n) is 5.60. The third-order valence-electron chi connectivity index (χ3n) is 3.77. The van der Waals surface area contributed by atoms with Gasteiger partial charge in [0.1, 0.15) is 11.4 Å². The van der Waals surface area contributed by atoms with Crippen molar-refractivity contribution in [2.75, 3.05) is 0 Å². The van der Waals surface area contributed by atoms with Gasteiger partial charge >= 0.3 is 0 Å². The molecule has 124 valence electrons. The van der Waals surface area contributed by atoms with Crippen molar-refractivity contribution in [1.29, 1.82) is 0 Å². The lowest BCUT2D eigenvalue weighted by atomic mass is 10.1. The van der Waals surface area contributed by atoms with Crippen LogP contribution in [0, 0.1) is 0 Å². The first-order chi connectivity index (χ1) is 12.9. The fraction of sp³-hybridized carbons (Fsp3) is 0. The number of aromatic nitrogens is 5. The molecule has 0 atom stereocenters. The molecule has 0 saturated carbocycles. The minimum atomic E-state index is 0.715. The third-order valence-corrected chi connectivity index (χ3v) is 3.77. The predicted molar refractivity (Wildman–Crippen MR) is 102 cm³/mol. The summed E-state index contributed by atoms with van der Waals surface area (Å²) in [4.78, 5) is 21.7. The lowest BCUT2D eigenvalue weighted by Crippen LogP contribution is -1.94. The zero-order valence-electron chi connectivity index (χ0n) is 13.9. The molecule has 4 aromatic rings. The summed E-state index contributed by atoms with van der Waals surface area (Å²) in [5, 5.41) is 0. The van der Waals surface area contributed by atoms with E-state index in [1.54, 1.807) is 37.2 Å². The SMILES string of the molecule is C(=C\c1cc(-c2cnccn2)nc(-c2cnccn2)c1)/c1ccccc1. The van der Waals surface area contributed by atoms with Gasteiger partial charge in [-0.15, -0.1) is 0 Å². The van der Waals surface area contributed by atoms with E-state index < -0.39 is 0 Å². The van der Waals surface area contributed by atoms with E-state index in [9.17, 15) is 0 Å². The van der Waals surface area contributed by atoms with Gasteiger partial charge in [0.05, 0.1) is 23.8 Å². The average Bonchev–Trinajstić information content (AvgIpc) is 2.74. The van der Waals surface area contributed by atoms with E-state index in [0.717, 1.165) is 22.5 Å². The highest BCUT2D eigenvalue weighted by molar-refractivity contribution is 5.74. The maximum absolute atomic E-state index is 4.69. The number of hydrogen-bond donors (Lipinski definition) is 0. The van der Waals surface area contributed by atoms with Crippen LogP contribution < -0.4 is 0 Å². The number of pyridine rings is 1. The Morgan fingerprint density at radius 1 is 0.577 bits per heavy atom. The van der Waals surface area contributed by atoms with Gasteiger partial charge in [0.15, 0.2) is 0 Å². The molecule has 4 rings (SSSR count). The number of rotatable bonds is 4. The summed E-state index contributed by atoms with van der Waals surface area (Å²) in [5.41, 5.74) is 5.06. The Bertz CT molecular complexity index is 958. The molecule has 0 aliphatic rings. The van der Waals surface area contributed by atoms with E-state index in [-0.39, 0.29) is 0 Å². The number of benzene rings is 1. The van der Waals surface area contributed by atoms with Crippen molar-refractivity contribution >= 4 is 12.2 Å². The first-order valence-electron chi connectivity index (χ1n) is 8.16. The van der Waals surface area contributed by atoms with E-state index in [1.165, 1.54) is 0 Å². The molecule has 3 aromatic heterocycles. The first-order valence-corrected chi connectivity index (χ1v) is 8.16. The van der Waals surface area contributed by atoms with Crippen molar-refractivity contribution in [3.63, 3.8) is 0 Å². The van der Waals surface area contributed by atoms with Crippen LogP contribution in [0.3, 0.4) is 0 Å². The smallest absolute Gasteiger partial charge is 0.107 e. The summed E-state index contributed by atoms with van der Waals surface area (Å²) < 4.78 is 0. The maximum atomic E-state index is 4.69. The highest BCUT2D eigenvalue weighted by Crippen LogP contribution is 2.23. The van der Waals surface area contributed by atoms with Crippen LogP contribution >= 0.6 is 0 Å². The van der Waals surface area contributed by atoms with Gasteiger partial charge in [-0.3, -0.25) is 19.9 Å². The molecule has 0 saturated heterocycles. The predicted octanol–water partition coefficient (Wildman–Crippen LogP) is 4.17. The normalized spacial score (nSPS) is 10.9. The van der Waals surface area contributed by atoms with Crippen LogP contribution in [-0.4, -0.2) is 24.9 Å². The number of nitrogens with zero attached hydrogens (tertiary/aromatic N) is 5. The topological polar surface area (TPSA) is 64.5 Å². The summed E-state index contributed by atoms with van der Waals surface area (Å²) in [6.45, 7) is 0. The standard InChI is InChI=1S/C21H15N5/c1-2-4-16(5-3-1)6-7-17-12-18(20-14-22-8-10-24-20)26-19(13-17)21-15-23-9-11-25-21/h1-15H/b7-6+. The van der Waals surface area contributed by atoms with E-state index in [2.05, 4.69) is 44.2 Å². The van der Waals surface area contributed by atoms with Gasteiger partial charge in [-0.25, -0.2) is 4.98 Å². The number of hydrogen-bond acceptors (Lipinski definition) is 5. The summed E-state index contributed by atoms with van der Waals surface area (Å²) in [6, 6.07) is 14.1. The van der Waals surface area contributed by atoms with E-state index >= 15 is 0 Å². The second-order valence-corrected chi connectivity index (χ2v) is 5.60. The Kier molecular flexibility index (Phi) is 4.52. The monoisotopic (exact) mass is 337 g/mol. The van der Waals surface area contributed by atoms with Crippen molar-refractivity contribution in [3.05, 3.63) is 90.8 Å². The molecule has 0 N–H and O–H groups in total. The molecule has 0 fully saturated rings. The summed E-state index contributed by atoms with van der Waals surface area (Å²) in [6.07, 6.45) is 14.1. The van der Waals surface area contributed by atoms with Crippen molar-refractivity contribution in [1.82, 2.24) is 24.9 Å². The first kappa shape index (κ1) is 15.8. The Morgan fingerprint density at radius 2 is 1.15 bits per heavy atom. The molecule has 0 aliphatic carbocycles. The van der Waals surface area contributed by atoms with Gasteiger partial charge in [0.2, 0.25) is 0 Å². The largest absolute Gasteiger partial charge is 0.261 e. The molecular formula is C21H15N5. The maximum Gasteiger partial charge on any atom is 0.107 e. The Labute approximate surface area is 151 Å². The Balaban J connectivity index is 1.79. The van der Waals surface area contributed by atoms with Crippen molar-refractivity contribution in [3.8, 4) is 22.8 Å². The average molecular weight is 337 g/mol. The molecule has 5 heteroatoms. The molecule has 5 nitrogen and oxygen atoms in total. The second kappa shape index (κ2) is 7.44. The quantitative estimate of drug-likeness (QED) is 0.559. The van der Waals surface area contributed by atoms with Gasteiger partial charge in [-0.1, -0.05) is 42.5 Å². The van der Waals surface area contributed by atoms with E-state index in [0.29, 0.717) is 11.4 Å². The van der Waals surface area contributed by atoms with Gasteiger partial charge < -0.3 is 0 Å². The molecule has 26 heavy (non-hydrogen) atoms. The lowest BCUT2D eigenvalue weighted by molar-refractivity contribution is 1.15. The van der Waals surface area contributed by atoms with E-state index in [4.69, 9.17) is 4.98 Å². The van der Waals surface area contributed by atoms with Crippen molar-refractivity contribution in [2.24, 2.45) is 0 Å². The van der Waals surface area contributed by atoms with Crippen LogP contribution in [0.5, 0.6) is 0 Å². The van der Waals surface area contributed by atoms with Gasteiger partial charge in [0.25, 0.3) is 0 Å². The van der Waals surface area contributed by atoms with Gasteiger partial charge in [-0.05, 0) is 23.3 Å². The zero-order chi connectivity index (χ0) is 17.6. The lowest BCUT2D eigenvalue weighted by Gasteiger charge is -2.06. The zero-order valence-corrected chi connectivity index (χ0v) is 13.9. The summed E-state index contributed by atoms with van der Waals surface area (Å²) >= 11 is 0. The molecule has 0 spiro atoms. The van der Waals surface area contributed by atoms with Crippen LogP contribution in [0.2, 0.25) is 0 Å². The Hall–Kier alpha value is -3.73. The minimum absolute atomic E-state index is 0.715. The van der Waals surface area contributed by atoms with Crippen LogP contribution in [0.15, 0.2) is 79.6 Å². The molecule has 0 amide bonds. The Morgan fingerprint density at radius 3 is 1.69 bits per heavy atom. The highest BCUT2D eigenvalue weighted by atomic mass is 14.8. The van der Waals surface area contributed by atoms with Gasteiger partial charge in [-0.2, -0.15) is 0 Å². The summed E-state index contributed by atoms with van der Waals surface area (Å²) in [7, 11) is 0. The molecule has 0 unspecified atom stereocenters. The van der Waals surface area contributed by atoms with E-state index in [1.807, 2.05) is 30.3 Å². The third kappa shape index (κ3) is 3.67. The van der Waals surface area contributed by atoms with Crippen LogP contribution in [-0.2, 0) is 0 Å². The molecule has 0 radical (unpaired) electrons. The van der Waals surface area contributed by atoms with Crippen LogP contribution in [0.25, 0.3) is 34.9 Å². The van der Waals surface area contributed by atoms with Crippen molar-refractivity contribution in [2.45, 2.75) is 0 Å². The fourth-order valence-corrected chi connectivity index (χ4v) is 2.53. The molecule has 3 heterocycles. The highest BCUT2D eigenvalue weighted by Gasteiger charge is 2.08. The minimum Gasteiger partial charge on any atom is -0.261 e. The van der Waals surface area contributed by atoms with Crippen LogP contribution in [0.4, 0.5) is 0 Å².